The van der Waals surface area contributed by atoms with E-state index in [0.29, 0.717) is 17.6 Å². The minimum absolute atomic E-state index is 0.328. The minimum Gasteiger partial charge on any atom is -0.368 e. The van der Waals surface area contributed by atoms with Gasteiger partial charge in [-0.2, -0.15) is 0 Å². The van der Waals surface area contributed by atoms with E-state index in [1.165, 1.54) is 0 Å². The van der Waals surface area contributed by atoms with Crippen molar-refractivity contribution in [1.82, 2.24) is 0 Å². The Bertz CT molecular complexity index is 418. The first-order valence-corrected chi connectivity index (χ1v) is 6.98. The largest absolute Gasteiger partial charge is 0.368 e. The molecular weight excluding hydrogens is 251 g/mol. The number of hydrogen-bond donors (Lipinski definition) is 0. The van der Waals surface area contributed by atoms with Crippen molar-refractivity contribution in [3.63, 3.8) is 0 Å². The maximum Gasteiger partial charge on any atom is 0.194 e. The van der Waals surface area contributed by atoms with E-state index < -0.39 is 17.5 Å². The highest BCUT2D eigenvalue weighted by atomic mass is 19.2. The molecule has 0 bridgehead atoms. The van der Waals surface area contributed by atoms with Gasteiger partial charge in [-0.05, 0) is 25.2 Å². The average molecular weight is 271 g/mol. The highest BCUT2D eigenvalue weighted by molar-refractivity contribution is 5.49. The van der Waals surface area contributed by atoms with E-state index in [4.69, 9.17) is 0 Å². The molecular formula is C15H20F3N. The van der Waals surface area contributed by atoms with E-state index in [1.54, 1.807) is 0 Å². The summed E-state index contributed by atoms with van der Waals surface area (Å²) in [4.78, 5) is 2.01. The second kappa shape index (κ2) is 5.85. The van der Waals surface area contributed by atoms with Crippen LogP contribution in [0.4, 0.5) is 18.9 Å². The predicted octanol–water partition coefficient (Wildman–Crippen LogP) is 4.51. The second-order valence-corrected chi connectivity index (χ2v) is 5.32. The van der Waals surface area contributed by atoms with Gasteiger partial charge < -0.3 is 4.90 Å². The van der Waals surface area contributed by atoms with Crippen molar-refractivity contribution in [2.24, 2.45) is 5.92 Å². The molecule has 1 fully saturated rings. The van der Waals surface area contributed by atoms with Crippen LogP contribution in [0.2, 0.25) is 0 Å². The lowest BCUT2D eigenvalue weighted by Crippen LogP contribution is -2.45. The van der Waals surface area contributed by atoms with E-state index in [-0.39, 0.29) is 0 Å². The molecule has 1 nitrogen and oxygen atoms in total. The van der Waals surface area contributed by atoms with Crippen molar-refractivity contribution in [3.8, 4) is 0 Å². The molecule has 0 atom stereocenters. The molecule has 106 valence electrons. The van der Waals surface area contributed by atoms with Crippen molar-refractivity contribution in [1.29, 1.82) is 0 Å². The Kier molecular flexibility index (Phi) is 4.38. The van der Waals surface area contributed by atoms with Crippen LogP contribution < -0.4 is 4.90 Å². The van der Waals surface area contributed by atoms with Crippen molar-refractivity contribution >= 4 is 5.69 Å². The summed E-state index contributed by atoms with van der Waals surface area (Å²) in [6.07, 6.45) is 4.14. The fourth-order valence-corrected chi connectivity index (χ4v) is 2.76. The van der Waals surface area contributed by atoms with Crippen LogP contribution in [0, 0.1) is 23.4 Å². The number of halogens is 3. The molecule has 4 heteroatoms. The highest BCUT2D eigenvalue weighted by Gasteiger charge is 2.32. The van der Waals surface area contributed by atoms with Crippen LogP contribution in [0.5, 0.6) is 0 Å². The Morgan fingerprint density at radius 1 is 1.11 bits per heavy atom. The smallest absolute Gasteiger partial charge is 0.194 e. The topological polar surface area (TPSA) is 3.24 Å². The summed E-state index contributed by atoms with van der Waals surface area (Å²) in [6, 6.07) is 2.54. The summed E-state index contributed by atoms with van der Waals surface area (Å²) < 4.78 is 39.7. The SMILES string of the molecule is CCCN(c1cc(F)c(F)c(F)c1)[C@H]1C[C@H](CC)C1. The first-order chi connectivity index (χ1) is 9.06. The number of benzene rings is 1. The summed E-state index contributed by atoms with van der Waals surface area (Å²) in [6.45, 7) is 4.92. The molecule has 0 saturated heterocycles. The number of anilines is 1. The van der Waals surface area contributed by atoms with Gasteiger partial charge in [-0.25, -0.2) is 13.2 Å². The average Bonchev–Trinajstić information content (AvgIpc) is 2.33. The quantitative estimate of drug-likeness (QED) is 0.712. The van der Waals surface area contributed by atoms with Crippen LogP contribution in [0.15, 0.2) is 12.1 Å². The molecule has 1 aliphatic carbocycles. The summed E-state index contributed by atoms with van der Waals surface area (Å²) in [5.41, 5.74) is 0.456. The van der Waals surface area contributed by atoms with Gasteiger partial charge in [0.15, 0.2) is 17.5 Å². The number of nitrogens with zero attached hydrogens (tertiary/aromatic N) is 1. The molecule has 0 amide bonds. The Morgan fingerprint density at radius 2 is 1.68 bits per heavy atom. The monoisotopic (exact) mass is 271 g/mol. The summed E-state index contributed by atoms with van der Waals surface area (Å²) in [5.74, 6) is -2.90. The third-order valence-corrected chi connectivity index (χ3v) is 3.99. The van der Waals surface area contributed by atoms with Gasteiger partial charge in [0.1, 0.15) is 0 Å². The van der Waals surface area contributed by atoms with Gasteiger partial charge >= 0.3 is 0 Å². The van der Waals surface area contributed by atoms with E-state index in [2.05, 4.69) is 6.92 Å². The Balaban J connectivity index is 2.20. The van der Waals surface area contributed by atoms with E-state index >= 15 is 0 Å². The summed E-state index contributed by atoms with van der Waals surface area (Å²) >= 11 is 0. The molecule has 0 heterocycles. The van der Waals surface area contributed by atoms with Gasteiger partial charge in [0.05, 0.1) is 0 Å². The van der Waals surface area contributed by atoms with Crippen molar-refractivity contribution in [3.05, 3.63) is 29.6 Å². The molecule has 1 aromatic carbocycles. The Hall–Kier alpha value is -1.19. The molecule has 0 N–H and O–H groups in total. The zero-order valence-corrected chi connectivity index (χ0v) is 11.4. The lowest BCUT2D eigenvalue weighted by molar-refractivity contribution is 0.244. The van der Waals surface area contributed by atoms with E-state index in [9.17, 15) is 13.2 Å². The van der Waals surface area contributed by atoms with Crippen LogP contribution in [0.3, 0.4) is 0 Å². The highest BCUT2D eigenvalue weighted by Crippen LogP contribution is 2.37. The van der Waals surface area contributed by atoms with Crippen LogP contribution in [0.25, 0.3) is 0 Å². The molecule has 1 saturated carbocycles. The fourth-order valence-electron chi connectivity index (χ4n) is 2.76. The Labute approximate surface area is 112 Å². The molecule has 0 spiro atoms. The van der Waals surface area contributed by atoms with Gasteiger partial charge in [-0.1, -0.05) is 20.3 Å². The minimum atomic E-state index is -1.39. The molecule has 0 aliphatic heterocycles. The molecule has 19 heavy (non-hydrogen) atoms. The van der Waals surface area contributed by atoms with Gasteiger partial charge in [0, 0.05) is 30.4 Å². The number of hydrogen-bond acceptors (Lipinski definition) is 1. The number of rotatable bonds is 5. The van der Waals surface area contributed by atoms with Crippen molar-refractivity contribution in [2.45, 2.75) is 45.6 Å². The lowest BCUT2D eigenvalue weighted by atomic mass is 9.77. The first kappa shape index (κ1) is 14.2. The lowest BCUT2D eigenvalue weighted by Gasteiger charge is -2.44. The van der Waals surface area contributed by atoms with Crippen LogP contribution in [-0.4, -0.2) is 12.6 Å². The van der Waals surface area contributed by atoms with Crippen LogP contribution >= 0.6 is 0 Å². The van der Waals surface area contributed by atoms with Crippen LogP contribution in [0.1, 0.15) is 39.5 Å². The van der Waals surface area contributed by atoms with Gasteiger partial charge in [0.25, 0.3) is 0 Å². The molecule has 1 aliphatic rings. The Morgan fingerprint density at radius 3 is 2.16 bits per heavy atom. The third-order valence-electron chi connectivity index (χ3n) is 3.99. The van der Waals surface area contributed by atoms with Gasteiger partial charge in [0.2, 0.25) is 0 Å². The molecule has 0 radical (unpaired) electrons. The van der Waals surface area contributed by atoms with Crippen molar-refractivity contribution in [2.75, 3.05) is 11.4 Å². The van der Waals surface area contributed by atoms with Gasteiger partial charge in [-0.3, -0.25) is 0 Å². The molecule has 0 unspecified atom stereocenters. The standard InChI is InChI=1S/C15H20F3N/c1-3-5-19(11-6-10(4-2)7-11)12-8-13(16)15(18)14(17)9-12/h8-11H,3-7H2,1-2H3/t10-,11-. The van der Waals surface area contributed by atoms with Crippen LogP contribution in [-0.2, 0) is 0 Å². The zero-order chi connectivity index (χ0) is 14.0. The van der Waals surface area contributed by atoms with E-state index in [0.717, 1.165) is 44.4 Å². The van der Waals surface area contributed by atoms with Gasteiger partial charge in [-0.15, -0.1) is 0 Å². The normalized spacial score (nSPS) is 22.2. The third kappa shape index (κ3) is 2.88. The first-order valence-electron chi connectivity index (χ1n) is 6.98. The molecule has 1 aromatic rings. The maximum atomic E-state index is 13.3. The predicted molar refractivity (Wildman–Crippen MR) is 70.8 cm³/mol. The summed E-state index contributed by atoms with van der Waals surface area (Å²) in [5, 5.41) is 0. The maximum absolute atomic E-state index is 13.3. The van der Waals surface area contributed by atoms with Crippen molar-refractivity contribution < 1.29 is 13.2 Å². The second-order valence-electron chi connectivity index (χ2n) is 5.32. The van der Waals surface area contributed by atoms with E-state index in [1.807, 2.05) is 11.8 Å². The summed E-state index contributed by atoms with van der Waals surface area (Å²) in [7, 11) is 0. The zero-order valence-electron chi connectivity index (χ0n) is 11.4. The molecule has 2 rings (SSSR count). The molecule has 0 aromatic heterocycles. The fraction of sp³-hybridized carbons (Fsp3) is 0.600.